The van der Waals surface area contributed by atoms with Gasteiger partial charge in [-0.15, -0.1) is 4.59 Å². The highest BCUT2D eigenvalue weighted by Gasteiger charge is 2.75. The van der Waals surface area contributed by atoms with Crippen LogP contribution in [0.25, 0.3) is 0 Å². The molecule has 4 aliphatic heterocycles. The maximum absolute atomic E-state index is 11.8. The van der Waals surface area contributed by atoms with Crippen molar-refractivity contribution in [2.75, 3.05) is 39.0 Å². The minimum absolute atomic E-state index is 0.0991. The average molecular weight is 524 g/mol. The van der Waals surface area contributed by atoms with Gasteiger partial charge in [-0.25, -0.2) is 8.42 Å². The van der Waals surface area contributed by atoms with E-state index in [-0.39, 0.29) is 24.2 Å². The van der Waals surface area contributed by atoms with E-state index in [4.69, 9.17) is 15.2 Å². The van der Waals surface area contributed by atoms with Crippen LogP contribution in [0.2, 0.25) is 0 Å². The summed E-state index contributed by atoms with van der Waals surface area (Å²) in [6.45, 7) is 5.51. The Morgan fingerprint density at radius 1 is 1.19 bits per heavy atom. The van der Waals surface area contributed by atoms with E-state index < -0.39 is 15.8 Å². The van der Waals surface area contributed by atoms with Crippen molar-refractivity contribution >= 4 is 27.6 Å². The van der Waals surface area contributed by atoms with Crippen molar-refractivity contribution in [2.45, 2.75) is 35.9 Å². The lowest BCUT2D eigenvalue weighted by Crippen LogP contribution is -2.56. The van der Waals surface area contributed by atoms with Crippen molar-refractivity contribution in [3.05, 3.63) is 65.9 Å². The SMILES string of the molecule is CC1(N2CCN(CC(=O)O)CC2)C=CC(NC2=N[N+]34C(=N2)C=CC3C4c2ccc(S(C)(=O)=O)cc2)=CC1. The summed E-state index contributed by atoms with van der Waals surface area (Å²) in [4.78, 5) is 20.5. The fourth-order valence-electron chi connectivity index (χ4n) is 5.95. The molecule has 5 aliphatic rings. The van der Waals surface area contributed by atoms with Crippen LogP contribution in [0.3, 0.4) is 0 Å². The van der Waals surface area contributed by atoms with Gasteiger partial charge in [0.2, 0.25) is 6.04 Å². The van der Waals surface area contributed by atoms with Gasteiger partial charge >= 0.3 is 5.97 Å². The van der Waals surface area contributed by atoms with E-state index in [1.165, 1.54) is 6.26 Å². The van der Waals surface area contributed by atoms with Gasteiger partial charge in [-0.3, -0.25) is 14.6 Å². The second kappa shape index (κ2) is 8.45. The normalized spacial score (nSPS) is 32.9. The second-order valence-corrected chi connectivity index (χ2v) is 12.6. The molecule has 0 bridgehead atoms. The lowest BCUT2D eigenvalue weighted by molar-refractivity contribution is -0.730. The Kier molecular flexibility index (Phi) is 5.53. The van der Waals surface area contributed by atoms with Crippen LogP contribution in [-0.2, 0) is 14.6 Å². The smallest absolute Gasteiger partial charge is 0.317 e. The fraction of sp³-hybridized carbons (Fsp3) is 0.423. The van der Waals surface area contributed by atoms with Gasteiger partial charge in [0.15, 0.2) is 15.9 Å². The number of benzene rings is 1. The summed E-state index contributed by atoms with van der Waals surface area (Å²) in [5.74, 6) is 0.705. The maximum atomic E-state index is 11.8. The number of quaternary nitrogens is 1. The van der Waals surface area contributed by atoms with E-state index in [9.17, 15) is 13.2 Å². The number of hydrogen-bond donors (Lipinski definition) is 2. The molecule has 1 aromatic carbocycles. The summed E-state index contributed by atoms with van der Waals surface area (Å²) in [5.41, 5.74) is 1.90. The number of rotatable bonds is 6. The Labute approximate surface area is 216 Å². The molecule has 2 N–H and O–H groups in total. The number of nitrogens with one attached hydrogen (secondary N) is 1. The minimum atomic E-state index is -3.23. The summed E-state index contributed by atoms with van der Waals surface area (Å²) in [6.07, 6.45) is 12.7. The van der Waals surface area contributed by atoms with Crippen LogP contribution in [0.1, 0.15) is 24.9 Å². The van der Waals surface area contributed by atoms with E-state index in [1.807, 2.05) is 23.1 Å². The zero-order chi connectivity index (χ0) is 26.0. The number of aliphatic imine (C=N–C) groups is 1. The Hall–Kier alpha value is -3.12. The van der Waals surface area contributed by atoms with Crippen LogP contribution in [0.15, 0.2) is 75.3 Å². The zero-order valence-corrected chi connectivity index (χ0v) is 21.7. The number of sulfone groups is 1. The van der Waals surface area contributed by atoms with E-state index in [1.54, 1.807) is 12.1 Å². The molecule has 1 aliphatic carbocycles. The number of carbonyl (C=O) groups is 1. The van der Waals surface area contributed by atoms with E-state index in [2.05, 4.69) is 41.4 Å². The van der Waals surface area contributed by atoms with Crippen molar-refractivity contribution in [3.8, 4) is 0 Å². The summed E-state index contributed by atoms with van der Waals surface area (Å²) < 4.78 is 24.0. The van der Waals surface area contributed by atoms with Gasteiger partial charge in [-0.05, 0) is 42.7 Å². The molecule has 4 heterocycles. The van der Waals surface area contributed by atoms with Gasteiger partial charge in [0.25, 0.3) is 11.8 Å². The van der Waals surface area contributed by atoms with E-state index in [0.717, 1.165) is 49.7 Å². The lowest BCUT2D eigenvalue weighted by Gasteiger charge is -2.45. The molecule has 0 amide bonds. The molecule has 2 fully saturated rings. The molecule has 1 aromatic rings. The third-order valence-electron chi connectivity index (χ3n) is 8.12. The van der Waals surface area contributed by atoms with E-state index >= 15 is 0 Å². The van der Waals surface area contributed by atoms with Gasteiger partial charge in [0, 0.05) is 55.3 Å². The van der Waals surface area contributed by atoms with Gasteiger partial charge in [0.05, 0.1) is 11.4 Å². The first-order chi connectivity index (χ1) is 17.6. The molecule has 1 spiro atoms. The number of carboxylic acid groups (broad SMARTS) is 1. The molecule has 0 radical (unpaired) electrons. The average Bonchev–Trinajstić information content (AvgIpc) is 3.11. The van der Waals surface area contributed by atoms with Crippen molar-refractivity contribution in [1.29, 1.82) is 0 Å². The number of amidine groups is 1. The first-order valence-corrected chi connectivity index (χ1v) is 14.4. The number of piperazine rings is 1. The van der Waals surface area contributed by atoms with Gasteiger partial charge in [-0.1, -0.05) is 24.3 Å². The van der Waals surface area contributed by atoms with Crippen LogP contribution < -0.4 is 5.32 Å². The molecule has 4 unspecified atom stereocenters. The van der Waals surface area contributed by atoms with Crippen LogP contribution in [0.4, 0.5) is 0 Å². The van der Waals surface area contributed by atoms with Crippen LogP contribution >= 0.6 is 0 Å². The van der Waals surface area contributed by atoms with Gasteiger partial charge < -0.3 is 10.4 Å². The molecule has 0 aromatic heterocycles. The van der Waals surface area contributed by atoms with Crippen LogP contribution in [-0.4, -0.2) is 96.2 Å². The third-order valence-corrected chi connectivity index (χ3v) is 9.25. The molecular formula is C26H31N6O4S+. The summed E-state index contributed by atoms with van der Waals surface area (Å²) in [6, 6.07) is 7.38. The molecule has 194 valence electrons. The first-order valence-electron chi connectivity index (χ1n) is 12.5. The first kappa shape index (κ1) is 24.2. The van der Waals surface area contributed by atoms with Gasteiger partial charge in [-0.2, -0.15) is 4.99 Å². The highest BCUT2D eigenvalue weighted by Crippen LogP contribution is 2.58. The van der Waals surface area contributed by atoms with Crippen molar-refractivity contribution in [1.82, 2.24) is 15.1 Å². The van der Waals surface area contributed by atoms with Crippen molar-refractivity contribution in [2.24, 2.45) is 10.1 Å². The third kappa shape index (κ3) is 4.15. The predicted molar refractivity (Wildman–Crippen MR) is 139 cm³/mol. The maximum Gasteiger partial charge on any atom is 0.317 e. The second-order valence-electron chi connectivity index (χ2n) is 10.6. The molecule has 0 saturated carbocycles. The molecule has 2 saturated heterocycles. The number of nitrogens with zero attached hydrogens (tertiary/aromatic N) is 5. The fourth-order valence-corrected chi connectivity index (χ4v) is 6.58. The number of allylic oxidation sites excluding steroid dienone is 1. The van der Waals surface area contributed by atoms with Crippen LogP contribution in [0.5, 0.6) is 0 Å². The quantitative estimate of drug-likeness (QED) is 0.429. The molecule has 11 heteroatoms. The number of hydrogen-bond acceptors (Lipinski definition) is 8. The van der Waals surface area contributed by atoms with Gasteiger partial charge in [0.1, 0.15) is 0 Å². The molecule has 10 nitrogen and oxygen atoms in total. The van der Waals surface area contributed by atoms with Crippen molar-refractivity contribution < 1.29 is 22.9 Å². The summed E-state index contributed by atoms with van der Waals surface area (Å²) in [5, 5.41) is 17.4. The van der Waals surface area contributed by atoms with E-state index in [0.29, 0.717) is 15.4 Å². The monoisotopic (exact) mass is 523 g/mol. The lowest BCUT2D eigenvalue weighted by atomic mass is 9.89. The Balaban J connectivity index is 1.11. The highest BCUT2D eigenvalue weighted by molar-refractivity contribution is 7.90. The molecule has 6 rings (SSSR count). The topological polar surface area (TPSA) is 115 Å². The Bertz CT molecular complexity index is 1400. The summed E-state index contributed by atoms with van der Waals surface area (Å²) in [7, 11) is -3.23. The van der Waals surface area contributed by atoms with Crippen molar-refractivity contribution in [3.63, 3.8) is 0 Å². The highest BCUT2D eigenvalue weighted by atomic mass is 32.2. The number of carboxylic acids is 1. The number of aliphatic carboxylic acids is 1. The summed E-state index contributed by atoms with van der Waals surface area (Å²) >= 11 is 0. The number of guanidine groups is 1. The zero-order valence-electron chi connectivity index (χ0n) is 20.9. The Morgan fingerprint density at radius 2 is 1.92 bits per heavy atom. The molecule has 4 atom stereocenters. The Morgan fingerprint density at radius 3 is 2.54 bits per heavy atom. The standard InChI is InChI=1S/C26H30N6O4S/c1-26(31-15-13-30(14-16-31)17-23(33)34)11-9-19(10-12-26)27-25-28-22-8-7-21-24(32(21,22)29-25)18-3-5-20(6-4-18)37(2,35)36/h3-11,21,24H,12-17H2,1-2H3,(H-,27,29,33,34)/p+1. The molecule has 37 heavy (non-hydrogen) atoms. The minimum Gasteiger partial charge on any atom is -0.480 e. The largest absolute Gasteiger partial charge is 0.480 e. The van der Waals surface area contributed by atoms with Crippen LogP contribution in [0, 0.1) is 0 Å². The predicted octanol–water partition coefficient (Wildman–Crippen LogP) is 1.48. The molecular weight excluding hydrogens is 492 g/mol.